The third-order valence-electron chi connectivity index (χ3n) is 2.57. The molecule has 0 atom stereocenters. The van der Waals surface area contributed by atoms with Gasteiger partial charge in [-0.3, -0.25) is 0 Å². The third kappa shape index (κ3) is 9.28. The van der Waals surface area contributed by atoms with Crippen molar-refractivity contribution >= 4 is 0 Å². The number of alkyl halides is 3. The molecule has 0 aliphatic rings. The normalized spacial score (nSPS) is 11.9. The zero-order valence-corrected chi connectivity index (χ0v) is 12.2. The van der Waals surface area contributed by atoms with Gasteiger partial charge in [-0.25, -0.2) is 0 Å². The van der Waals surface area contributed by atoms with Crippen LogP contribution in [0.1, 0.15) is 5.56 Å². The molecule has 4 nitrogen and oxygen atoms in total. The lowest BCUT2D eigenvalue weighted by atomic mass is 10.2. The van der Waals surface area contributed by atoms with E-state index in [0.717, 1.165) is 12.1 Å². The average molecular weight is 306 g/mol. The Labute approximate surface area is 122 Å². The number of hydrogen-bond donors (Lipinski definition) is 1. The van der Waals surface area contributed by atoms with Crippen LogP contribution in [0.4, 0.5) is 13.2 Å². The fourth-order valence-corrected chi connectivity index (χ4v) is 1.58. The molecule has 0 heterocycles. The summed E-state index contributed by atoms with van der Waals surface area (Å²) in [6, 6.07) is 5.92. The fraction of sp³-hybridized carbons (Fsp3) is 0.571. The molecule has 0 radical (unpaired) electrons. The number of nitrogens with one attached hydrogen (secondary N) is 1. The van der Waals surface area contributed by atoms with Crippen LogP contribution in [0.2, 0.25) is 0 Å². The molecule has 0 spiro atoms. The first-order valence-corrected chi connectivity index (χ1v) is 6.65. The number of benzene rings is 1. The maximum atomic E-state index is 12.1. The van der Waals surface area contributed by atoms with E-state index in [1.807, 2.05) is 19.0 Å². The maximum absolute atomic E-state index is 12.1. The van der Waals surface area contributed by atoms with Crippen molar-refractivity contribution in [1.82, 2.24) is 10.2 Å². The minimum atomic E-state index is -4.66. The molecule has 21 heavy (non-hydrogen) atoms. The standard InChI is InChI=1S/C14H21F3N2O2/c1-19(2)7-9-20-8-6-18-11-12-4-3-5-13(10-12)21-14(15,16)17/h3-5,10,18H,6-9,11H2,1-2H3. The molecule has 0 saturated heterocycles. The van der Waals surface area contributed by atoms with Crippen LogP contribution >= 0.6 is 0 Å². The molecule has 1 aromatic carbocycles. The zero-order chi connectivity index (χ0) is 15.7. The summed E-state index contributed by atoms with van der Waals surface area (Å²) in [5, 5.41) is 3.10. The highest BCUT2D eigenvalue weighted by Gasteiger charge is 2.31. The predicted octanol–water partition coefficient (Wildman–Crippen LogP) is 2.25. The summed E-state index contributed by atoms with van der Waals surface area (Å²) in [7, 11) is 3.94. The van der Waals surface area contributed by atoms with Gasteiger partial charge in [0.2, 0.25) is 0 Å². The SMILES string of the molecule is CN(C)CCOCCNCc1cccc(OC(F)(F)F)c1. The van der Waals surface area contributed by atoms with Gasteiger partial charge in [-0.05, 0) is 31.8 Å². The van der Waals surface area contributed by atoms with E-state index in [9.17, 15) is 13.2 Å². The van der Waals surface area contributed by atoms with E-state index in [0.29, 0.717) is 26.3 Å². The van der Waals surface area contributed by atoms with Crippen LogP contribution in [0.25, 0.3) is 0 Å². The molecule has 0 aliphatic carbocycles. The summed E-state index contributed by atoms with van der Waals surface area (Å²) in [5.74, 6) is -0.205. The van der Waals surface area contributed by atoms with E-state index >= 15 is 0 Å². The summed E-state index contributed by atoms with van der Waals surface area (Å²) in [5.41, 5.74) is 0.727. The van der Waals surface area contributed by atoms with Crippen molar-refractivity contribution in [3.63, 3.8) is 0 Å². The molecular formula is C14H21F3N2O2. The number of rotatable bonds is 9. The predicted molar refractivity (Wildman–Crippen MR) is 74.2 cm³/mol. The third-order valence-corrected chi connectivity index (χ3v) is 2.57. The molecule has 0 amide bonds. The van der Waals surface area contributed by atoms with E-state index < -0.39 is 6.36 Å². The summed E-state index contributed by atoms with van der Waals surface area (Å²) in [6.07, 6.45) is -4.66. The van der Waals surface area contributed by atoms with E-state index in [1.54, 1.807) is 6.07 Å². The lowest BCUT2D eigenvalue weighted by Crippen LogP contribution is -2.23. The van der Waals surface area contributed by atoms with Crippen LogP contribution in [-0.4, -0.2) is 51.7 Å². The van der Waals surface area contributed by atoms with Crippen molar-refractivity contribution in [3.8, 4) is 5.75 Å². The first-order valence-electron chi connectivity index (χ1n) is 6.65. The second kappa shape index (κ2) is 8.86. The Kier molecular flexibility index (Phi) is 7.49. The van der Waals surface area contributed by atoms with Gasteiger partial charge in [0.1, 0.15) is 5.75 Å². The van der Waals surface area contributed by atoms with E-state index in [4.69, 9.17) is 4.74 Å². The van der Waals surface area contributed by atoms with Crippen LogP contribution in [0.3, 0.4) is 0 Å². The maximum Gasteiger partial charge on any atom is 0.573 e. The van der Waals surface area contributed by atoms with Crippen LogP contribution in [0, 0.1) is 0 Å². The highest BCUT2D eigenvalue weighted by atomic mass is 19.4. The monoisotopic (exact) mass is 306 g/mol. The van der Waals surface area contributed by atoms with Crippen LogP contribution in [0.15, 0.2) is 24.3 Å². The second-order valence-corrected chi connectivity index (χ2v) is 4.79. The van der Waals surface area contributed by atoms with Gasteiger partial charge in [0.05, 0.1) is 13.2 Å². The van der Waals surface area contributed by atoms with Gasteiger partial charge < -0.3 is 19.7 Å². The first-order chi connectivity index (χ1) is 9.87. The van der Waals surface area contributed by atoms with Gasteiger partial charge in [-0.2, -0.15) is 0 Å². The van der Waals surface area contributed by atoms with Crippen molar-refractivity contribution < 1.29 is 22.6 Å². The molecular weight excluding hydrogens is 285 g/mol. The lowest BCUT2D eigenvalue weighted by molar-refractivity contribution is -0.274. The molecule has 7 heteroatoms. The molecule has 0 bridgehead atoms. The molecule has 120 valence electrons. The van der Waals surface area contributed by atoms with E-state index in [2.05, 4.69) is 10.1 Å². The summed E-state index contributed by atoms with van der Waals surface area (Å²) >= 11 is 0. The zero-order valence-electron chi connectivity index (χ0n) is 12.2. The quantitative estimate of drug-likeness (QED) is 0.710. The Balaban J connectivity index is 2.22. The molecule has 0 aliphatic heterocycles. The number of likely N-dealkylation sites (N-methyl/N-ethyl adjacent to an activating group) is 1. The number of hydrogen-bond acceptors (Lipinski definition) is 4. The molecule has 1 N–H and O–H groups in total. The molecule has 0 saturated carbocycles. The largest absolute Gasteiger partial charge is 0.573 e. The van der Waals surface area contributed by atoms with Crippen molar-refractivity contribution in [2.45, 2.75) is 12.9 Å². The molecule has 0 unspecified atom stereocenters. The van der Waals surface area contributed by atoms with Crippen molar-refractivity contribution in [1.29, 1.82) is 0 Å². The minimum absolute atomic E-state index is 0.205. The number of ether oxygens (including phenoxy) is 2. The number of nitrogens with zero attached hydrogens (tertiary/aromatic N) is 1. The topological polar surface area (TPSA) is 33.7 Å². The van der Waals surface area contributed by atoms with Crippen molar-refractivity contribution in [2.24, 2.45) is 0 Å². The Morgan fingerprint density at radius 2 is 1.95 bits per heavy atom. The summed E-state index contributed by atoms with van der Waals surface area (Å²) in [6.45, 7) is 3.18. The second-order valence-electron chi connectivity index (χ2n) is 4.79. The van der Waals surface area contributed by atoms with Crippen molar-refractivity contribution in [3.05, 3.63) is 29.8 Å². The highest BCUT2D eigenvalue weighted by Crippen LogP contribution is 2.23. The van der Waals surface area contributed by atoms with Gasteiger partial charge in [-0.1, -0.05) is 12.1 Å². The van der Waals surface area contributed by atoms with E-state index in [-0.39, 0.29) is 5.75 Å². The number of halogens is 3. The summed E-state index contributed by atoms with van der Waals surface area (Å²) < 4.78 is 45.6. The first kappa shape index (κ1) is 17.7. The Bertz CT molecular complexity index is 411. The molecule has 1 aromatic rings. The fourth-order valence-electron chi connectivity index (χ4n) is 1.58. The molecule has 0 fully saturated rings. The Morgan fingerprint density at radius 3 is 2.62 bits per heavy atom. The van der Waals surface area contributed by atoms with Crippen LogP contribution in [-0.2, 0) is 11.3 Å². The smallest absolute Gasteiger partial charge is 0.406 e. The Hall–Kier alpha value is -1.31. The van der Waals surface area contributed by atoms with Gasteiger partial charge in [0.15, 0.2) is 0 Å². The average Bonchev–Trinajstić information content (AvgIpc) is 2.35. The highest BCUT2D eigenvalue weighted by molar-refractivity contribution is 5.28. The summed E-state index contributed by atoms with van der Waals surface area (Å²) in [4.78, 5) is 2.03. The minimum Gasteiger partial charge on any atom is -0.406 e. The van der Waals surface area contributed by atoms with Gasteiger partial charge >= 0.3 is 6.36 Å². The van der Waals surface area contributed by atoms with E-state index in [1.165, 1.54) is 18.2 Å². The van der Waals surface area contributed by atoms with Gasteiger partial charge in [-0.15, -0.1) is 13.2 Å². The van der Waals surface area contributed by atoms with Gasteiger partial charge in [0, 0.05) is 19.6 Å². The van der Waals surface area contributed by atoms with Gasteiger partial charge in [0.25, 0.3) is 0 Å². The van der Waals surface area contributed by atoms with Crippen molar-refractivity contribution in [2.75, 3.05) is 40.4 Å². The van der Waals surface area contributed by atoms with Crippen LogP contribution < -0.4 is 10.1 Å². The van der Waals surface area contributed by atoms with Crippen LogP contribution in [0.5, 0.6) is 5.75 Å². The molecule has 1 rings (SSSR count). The molecule has 0 aromatic heterocycles. The lowest BCUT2D eigenvalue weighted by Gasteiger charge is -2.11. The Morgan fingerprint density at radius 1 is 1.19 bits per heavy atom.